The number of allylic oxidation sites excluding steroid dienone is 1. The Morgan fingerprint density at radius 1 is 1.38 bits per heavy atom. The van der Waals surface area contributed by atoms with Crippen LogP contribution in [0.15, 0.2) is 11.9 Å². The van der Waals surface area contributed by atoms with Crippen molar-refractivity contribution in [2.75, 3.05) is 0 Å². The summed E-state index contributed by atoms with van der Waals surface area (Å²) in [6.07, 6.45) is 1.85. The molecule has 0 saturated heterocycles. The minimum absolute atomic E-state index is 1.11. The van der Waals surface area contributed by atoms with Crippen molar-refractivity contribution in [2.24, 2.45) is 0 Å². The summed E-state index contributed by atoms with van der Waals surface area (Å²) in [6.45, 7) is 5.97. The molecule has 1 heterocycles. The van der Waals surface area contributed by atoms with Gasteiger partial charge in [0.2, 0.25) is 0 Å². The summed E-state index contributed by atoms with van der Waals surface area (Å²) in [7, 11) is 0. The molecule has 0 spiro atoms. The average Bonchev–Trinajstić information content (AvgIpc) is 2.24. The maximum Gasteiger partial charge on any atom is 0.0419 e. The zero-order valence-electron chi connectivity index (χ0n) is 5.58. The molecule has 1 rings (SSSR count). The Bertz CT molecular complexity index is 77.7. The monoisotopic (exact) mass is 115 g/mol. The fourth-order valence-electron chi connectivity index (χ4n) is 0.315. The van der Waals surface area contributed by atoms with E-state index >= 15 is 0 Å². The van der Waals surface area contributed by atoms with Crippen LogP contribution in [0.5, 0.6) is 0 Å². The molecule has 0 aromatic rings. The second kappa shape index (κ2) is 4.46. The lowest BCUT2D eigenvalue weighted by atomic mass is 10.6. The van der Waals surface area contributed by atoms with Crippen LogP contribution in [0.2, 0.25) is 0 Å². The van der Waals surface area contributed by atoms with Crippen molar-refractivity contribution in [1.82, 2.24) is 16.4 Å². The molecule has 3 N–H and O–H groups in total. The first-order chi connectivity index (χ1) is 3.89. The Hall–Kier alpha value is -0.700. The van der Waals surface area contributed by atoms with E-state index < -0.39 is 0 Å². The lowest BCUT2D eigenvalue weighted by Gasteiger charge is -1.90. The smallest absolute Gasteiger partial charge is 0.0419 e. The summed E-state index contributed by atoms with van der Waals surface area (Å²) in [5.41, 5.74) is 9.35. The first-order valence-corrected chi connectivity index (χ1v) is 2.83. The highest BCUT2D eigenvalue weighted by molar-refractivity contribution is 4.94. The second-order valence-electron chi connectivity index (χ2n) is 1.22. The van der Waals surface area contributed by atoms with Crippen molar-refractivity contribution in [3.8, 4) is 0 Å². The van der Waals surface area contributed by atoms with Crippen LogP contribution in [0.1, 0.15) is 20.8 Å². The van der Waals surface area contributed by atoms with Gasteiger partial charge in [0.15, 0.2) is 0 Å². The van der Waals surface area contributed by atoms with Gasteiger partial charge in [0.25, 0.3) is 0 Å². The molecular formula is C5H13N3. The van der Waals surface area contributed by atoms with Crippen LogP contribution in [0.3, 0.4) is 0 Å². The molecule has 0 bridgehead atoms. The normalized spacial score (nSPS) is 14.6. The van der Waals surface area contributed by atoms with Gasteiger partial charge in [0.05, 0.1) is 0 Å². The van der Waals surface area contributed by atoms with Gasteiger partial charge in [-0.3, -0.25) is 0 Å². The Balaban J connectivity index is 0.000000222. The highest BCUT2D eigenvalue weighted by Crippen LogP contribution is 1.80. The molecule has 8 heavy (non-hydrogen) atoms. The topological polar surface area (TPSA) is 36.1 Å². The van der Waals surface area contributed by atoms with Gasteiger partial charge in [-0.05, 0) is 6.92 Å². The molecule has 1 aliphatic rings. The lowest BCUT2D eigenvalue weighted by molar-refractivity contribution is 0.600. The quantitative estimate of drug-likeness (QED) is 0.430. The van der Waals surface area contributed by atoms with Crippen molar-refractivity contribution >= 4 is 0 Å². The highest BCUT2D eigenvalue weighted by atomic mass is 15.6. The molecule has 0 amide bonds. The van der Waals surface area contributed by atoms with E-state index in [0.717, 1.165) is 5.70 Å². The van der Waals surface area contributed by atoms with E-state index in [1.165, 1.54) is 0 Å². The Morgan fingerprint density at radius 2 is 2.00 bits per heavy atom. The Morgan fingerprint density at radius 3 is 2.12 bits per heavy atom. The summed E-state index contributed by atoms with van der Waals surface area (Å²) in [5, 5.41) is 0. The molecule has 0 aliphatic carbocycles. The van der Waals surface area contributed by atoms with Crippen molar-refractivity contribution in [1.29, 1.82) is 0 Å². The van der Waals surface area contributed by atoms with E-state index in [0.29, 0.717) is 0 Å². The predicted octanol–water partition coefficient (Wildman–Crippen LogP) is 0.486. The van der Waals surface area contributed by atoms with E-state index in [1.807, 2.05) is 27.0 Å². The third-order valence-electron chi connectivity index (χ3n) is 0.621. The predicted molar refractivity (Wildman–Crippen MR) is 34.5 cm³/mol. The van der Waals surface area contributed by atoms with E-state index in [2.05, 4.69) is 16.4 Å². The zero-order valence-corrected chi connectivity index (χ0v) is 5.58. The zero-order chi connectivity index (χ0) is 6.41. The average molecular weight is 115 g/mol. The van der Waals surface area contributed by atoms with Crippen molar-refractivity contribution in [2.45, 2.75) is 20.8 Å². The van der Waals surface area contributed by atoms with E-state index in [4.69, 9.17) is 0 Å². The van der Waals surface area contributed by atoms with Gasteiger partial charge in [-0.25, -0.2) is 0 Å². The fourth-order valence-corrected chi connectivity index (χ4v) is 0.315. The van der Waals surface area contributed by atoms with Gasteiger partial charge >= 0.3 is 0 Å². The summed E-state index contributed by atoms with van der Waals surface area (Å²) in [6, 6.07) is 0. The molecule has 1 aliphatic heterocycles. The first-order valence-electron chi connectivity index (χ1n) is 2.83. The third-order valence-corrected chi connectivity index (χ3v) is 0.621. The van der Waals surface area contributed by atoms with Gasteiger partial charge < -0.3 is 10.9 Å². The van der Waals surface area contributed by atoms with Crippen LogP contribution in [0.4, 0.5) is 0 Å². The minimum atomic E-state index is 1.11. The number of hydrogen-bond donors (Lipinski definition) is 3. The van der Waals surface area contributed by atoms with Crippen LogP contribution in [-0.2, 0) is 0 Å². The molecule has 0 aromatic heterocycles. The third kappa shape index (κ3) is 2.47. The molecular weight excluding hydrogens is 102 g/mol. The van der Waals surface area contributed by atoms with E-state index in [-0.39, 0.29) is 0 Å². The highest BCUT2D eigenvalue weighted by Gasteiger charge is 1.88. The number of nitrogens with one attached hydrogen (secondary N) is 3. The number of rotatable bonds is 0. The van der Waals surface area contributed by atoms with Crippen molar-refractivity contribution < 1.29 is 0 Å². The lowest BCUT2D eigenvalue weighted by Crippen LogP contribution is -2.30. The van der Waals surface area contributed by atoms with Gasteiger partial charge in [-0.1, -0.05) is 13.8 Å². The standard InChI is InChI=1S/C3H7N3.C2H6/c1-3-2-4-6-5-3;1-2/h2,4-6H,1H3;1-2H3. The van der Waals surface area contributed by atoms with Gasteiger partial charge in [0, 0.05) is 11.9 Å². The molecule has 0 fully saturated rings. The fraction of sp³-hybridized carbons (Fsp3) is 0.600. The van der Waals surface area contributed by atoms with Gasteiger partial charge in [-0.15, -0.1) is 0 Å². The van der Waals surface area contributed by atoms with Crippen LogP contribution in [0.25, 0.3) is 0 Å². The summed E-state index contributed by atoms with van der Waals surface area (Å²) in [4.78, 5) is 0. The molecule has 3 nitrogen and oxygen atoms in total. The van der Waals surface area contributed by atoms with Gasteiger partial charge in [-0.2, -0.15) is 5.53 Å². The molecule has 0 atom stereocenters. The first kappa shape index (κ1) is 7.30. The largest absolute Gasteiger partial charge is 0.310 e. The van der Waals surface area contributed by atoms with Crippen LogP contribution >= 0.6 is 0 Å². The van der Waals surface area contributed by atoms with E-state index in [1.54, 1.807) is 0 Å². The SMILES string of the molecule is CC.CC1=CNNN1. The number of hydrogen-bond acceptors (Lipinski definition) is 3. The van der Waals surface area contributed by atoms with Crippen molar-refractivity contribution in [3.05, 3.63) is 11.9 Å². The molecule has 0 radical (unpaired) electrons. The van der Waals surface area contributed by atoms with Crippen LogP contribution in [0, 0.1) is 0 Å². The van der Waals surface area contributed by atoms with Crippen molar-refractivity contribution in [3.63, 3.8) is 0 Å². The number of hydrazine groups is 2. The molecule has 0 unspecified atom stereocenters. The summed E-state index contributed by atoms with van der Waals surface area (Å²) >= 11 is 0. The molecule has 0 saturated carbocycles. The summed E-state index contributed by atoms with van der Waals surface area (Å²) < 4.78 is 0. The molecule has 48 valence electrons. The summed E-state index contributed by atoms with van der Waals surface area (Å²) in [5.74, 6) is 0. The van der Waals surface area contributed by atoms with Crippen LogP contribution < -0.4 is 16.4 Å². The minimum Gasteiger partial charge on any atom is -0.310 e. The molecule has 0 aromatic carbocycles. The second-order valence-corrected chi connectivity index (χ2v) is 1.22. The Labute approximate surface area is 50.1 Å². The molecule has 3 heteroatoms. The van der Waals surface area contributed by atoms with Crippen LogP contribution in [-0.4, -0.2) is 0 Å². The maximum absolute atomic E-state index is 2.82. The Kier molecular flexibility index (Phi) is 4.07. The van der Waals surface area contributed by atoms with Gasteiger partial charge in [0.1, 0.15) is 0 Å². The van der Waals surface area contributed by atoms with E-state index in [9.17, 15) is 0 Å². The maximum atomic E-state index is 2.82.